The first kappa shape index (κ1) is 15.1. The summed E-state index contributed by atoms with van der Waals surface area (Å²) < 4.78 is 0.846. The van der Waals surface area contributed by atoms with Gasteiger partial charge in [-0.25, -0.2) is 0 Å². The number of benzene rings is 1. The molecule has 1 atom stereocenters. The third-order valence-corrected chi connectivity index (χ3v) is 5.64. The minimum Gasteiger partial charge on any atom is -0.314 e. The molecule has 1 aliphatic heterocycles. The van der Waals surface area contributed by atoms with Crippen LogP contribution in [0.15, 0.2) is 48.7 Å². The SMILES string of the molecule is Clc1ccc(C(c2ccnc3ccccc23)N2CCNCC2)s1. The molecular formula is C18H18ClN3S. The van der Waals surface area contributed by atoms with E-state index in [2.05, 4.69) is 45.5 Å². The van der Waals surface area contributed by atoms with Crippen LogP contribution in [0.5, 0.6) is 0 Å². The quantitative estimate of drug-likeness (QED) is 0.780. The lowest BCUT2D eigenvalue weighted by Crippen LogP contribution is -2.45. The number of nitrogens with zero attached hydrogens (tertiary/aromatic N) is 2. The zero-order valence-electron chi connectivity index (χ0n) is 12.7. The Morgan fingerprint density at radius 1 is 1.09 bits per heavy atom. The second-order valence-electron chi connectivity index (χ2n) is 5.75. The van der Waals surface area contributed by atoms with Crippen molar-refractivity contribution in [3.63, 3.8) is 0 Å². The lowest BCUT2D eigenvalue weighted by atomic mass is 9.99. The van der Waals surface area contributed by atoms with Crippen molar-refractivity contribution in [2.45, 2.75) is 6.04 Å². The van der Waals surface area contributed by atoms with Gasteiger partial charge in [0, 0.05) is 42.6 Å². The number of hydrogen-bond donors (Lipinski definition) is 1. The first-order valence-electron chi connectivity index (χ1n) is 7.86. The van der Waals surface area contributed by atoms with Gasteiger partial charge in [-0.15, -0.1) is 11.3 Å². The highest BCUT2D eigenvalue weighted by atomic mass is 35.5. The molecule has 1 aliphatic rings. The van der Waals surface area contributed by atoms with Gasteiger partial charge in [-0.3, -0.25) is 9.88 Å². The van der Waals surface area contributed by atoms with Crippen molar-refractivity contribution in [3.05, 3.63) is 63.4 Å². The number of rotatable bonds is 3. The van der Waals surface area contributed by atoms with Crippen molar-refractivity contribution in [2.24, 2.45) is 0 Å². The number of para-hydroxylation sites is 1. The van der Waals surface area contributed by atoms with E-state index in [9.17, 15) is 0 Å². The normalized spacial score (nSPS) is 17.4. The van der Waals surface area contributed by atoms with Crippen LogP contribution in [-0.2, 0) is 0 Å². The van der Waals surface area contributed by atoms with Crippen LogP contribution in [0.1, 0.15) is 16.5 Å². The molecule has 1 aromatic carbocycles. The topological polar surface area (TPSA) is 28.2 Å². The Morgan fingerprint density at radius 3 is 2.70 bits per heavy atom. The predicted molar refractivity (Wildman–Crippen MR) is 97.4 cm³/mol. The van der Waals surface area contributed by atoms with Gasteiger partial charge in [0.05, 0.1) is 15.9 Å². The Morgan fingerprint density at radius 2 is 1.91 bits per heavy atom. The summed E-state index contributed by atoms with van der Waals surface area (Å²) in [6.45, 7) is 4.13. The van der Waals surface area contributed by atoms with Gasteiger partial charge in [-0.2, -0.15) is 0 Å². The molecule has 0 spiro atoms. The van der Waals surface area contributed by atoms with Crippen LogP contribution in [0.3, 0.4) is 0 Å². The van der Waals surface area contributed by atoms with E-state index in [-0.39, 0.29) is 6.04 Å². The average molecular weight is 344 g/mol. The van der Waals surface area contributed by atoms with E-state index in [0.29, 0.717) is 0 Å². The minimum absolute atomic E-state index is 0.238. The summed E-state index contributed by atoms with van der Waals surface area (Å²) in [5, 5.41) is 4.66. The second-order valence-corrected chi connectivity index (χ2v) is 7.49. The van der Waals surface area contributed by atoms with Crippen LogP contribution in [0.2, 0.25) is 4.34 Å². The summed E-state index contributed by atoms with van der Waals surface area (Å²) in [6.07, 6.45) is 1.92. The van der Waals surface area contributed by atoms with Crippen LogP contribution in [0, 0.1) is 0 Å². The molecule has 3 aromatic rings. The number of halogens is 1. The fraction of sp³-hybridized carbons (Fsp3) is 0.278. The fourth-order valence-electron chi connectivity index (χ4n) is 3.30. The molecule has 2 aromatic heterocycles. The molecule has 3 heterocycles. The van der Waals surface area contributed by atoms with Gasteiger partial charge in [0.2, 0.25) is 0 Å². The second kappa shape index (κ2) is 6.57. The molecule has 3 nitrogen and oxygen atoms in total. The molecule has 0 bridgehead atoms. The molecule has 1 fully saturated rings. The van der Waals surface area contributed by atoms with Gasteiger partial charge in [0.25, 0.3) is 0 Å². The van der Waals surface area contributed by atoms with Crippen molar-refractivity contribution < 1.29 is 0 Å². The summed E-state index contributed by atoms with van der Waals surface area (Å²) in [7, 11) is 0. The van der Waals surface area contributed by atoms with Crippen molar-refractivity contribution in [2.75, 3.05) is 26.2 Å². The van der Waals surface area contributed by atoms with E-state index in [1.807, 2.05) is 18.3 Å². The van der Waals surface area contributed by atoms with Gasteiger partial charge in [0.1, 0.15) is 0 Å². The van der Waals surface area contributed by atoms with Crippen LogP contribution in [-0.4, -0.2) is 36.1 Å². The van der Waals surface area contributed by atoms with Crippen LogP contribution in [0.25, 0.3) is 10.9 Å². The molecule has 5 heteroatoms. The van der Waals surface area contributed by atoms with Gasteiger partial charge in [0.15, 0.2) is 0 Å². The fourth-order valence-corrected chi connectivity index (χ4v) is 4.52. The van der Waals surface area contributed by atoms with Gasteiger partial charge in [-0.1, -0.05) is 29.8 Å². The Labute approximate surface area is 144 Å². The summed E-state index contributed by atoms with van der Waals surface area (Å²) in [5.41, 5.74) is 2.36. The number of nitrogens with one attached hydrogen (secondary N) is 1. The van der Waals surface area contributed by atoms with E-state index in [0.717, 1.165) is 36.0 Å². The van der Waals surface area contributed by atoms with E-state index >= 15 is 0 Å². The monoisotopic (exact) mass is 343 g/mol. The highest BCUT2D eigenvalue weighted by Crippen LogP contribution is 2.37. The summed E-state index contributed by atoms with van der Waals surface area (Å²) in [6, 6.07) is 14.9. The molecule has 0 radical (unpaired) electrons. The molecule has 4 rings (SSSR count). The number of pyridine rings is 1. The molecular weight excluding hydrogens is 326 g/mol. The molecule has 118 valence electrons. The first-order valence-corrected chi connectivity index (χ1v) is 9.06. The summed E-state index contributed by atoms with van der Waals surface area (Å²) >= 11 is 7.90. The highest BCUT2D eigenvalue weighted by Gasteiger charge is 2.26. The van der Waals surface area contributed by atoms with Crippen molar-refractivity contribution in [1.82, 2.24) is 15.2 Å². The lowest BCUT2D eigenvalue weighted by molar-refractivity contribution is 0.201. The minimum atomic E-state index is 0.238. The highest BCUT2D eigenvalue weighted by molar-refractivity contribution is 7.16. The molecule has 23 heavy (non-hydrogen) atoms. The summed E-state index contributed by atoms with van der Waals surface area (Å²) in [4.78, 5) is 8.36. The average Bonchev–Trinajstić information content (AvgIpc) is 3.02. The Hall–Kier alpha value is -1.46. The van der Waals surface area contributed by atoms with E-state index in [1.165, 1.54) is 15.8 Å². The van der Waals surface area contributed by atoms with Crippen LogP contribution < -0.4 is 5.32 Å². The number of fused-ring (bicyclic) bond motifs is 1. The Bertz CT molecular complexity index is 805. The van der Waals surface area contributed by atoms with Crippen molar-refractivity contribution in [1.29, 1.82) is 0 Å². The van der Waals surface area contributed by atoms with E-state index in [1.54, 1.807) is 11.3 Å². The Balaban J connectivity index is 1.86. The maximum atomic E-state index is 6.22. The number of piperazine rings is 1. The van der Waals surface area contributed by atoms with Crippen molar-refractivity contribution >= 4 is 33.8 Å². The van der Waals surface area contributed by atoms with Gasteiger partial charge >= 0.3 is 0 Å². The maximum absolute atomic E-state index is 6.22. The third-order valence-electron chi connectivity index (χ3n) is 4.36. The first-order chi connectivity index (χ1) is 11.3. The molecule has 0 aliphatic carbocycles. The van der Waals surface area contributed by atoms with Gasteiger partial charge < -0.3 is 5.32 Å². The predicted octanol–water partition coefficient (Wildman–Crippen LogP) is 3.94. The number of hydrogen-bond acceptors (Lipinski definition) is 4. The smallest absolute Gasteiger partial charge is 0.0931 e. The largest absolute Gasteiger partial charge is 0.314 e. The number of aromatic nitrogens is 1. The number of thiophene rings is 1. The van der Waals surface area contributed by atoms with Crippen molar-refractivity contribution in [3.8, 4) is 0 Å². The molecule has 1 N–H and O–H groups in total. The zero-order valence-corrected chi connectivity index (χ0v) is 14.3. The van der Waals surface area contributed by atoms with Crippen LogP contribution in [0.4, 0.5) is 0 Å². The van der Waals surface area contributed by atoms with E-state index < -0.39 is 0 Å². The third kappa shape index (κ3) is 3.00. The molecule has 1 saturated heterocycles. The zero-order chi connectivity index (χ0) is 15.6. The Kier molecular flexibility index (Phi) is 4.31. The van der Waals surface area contributed by atoms with E-state index in [4.69, 9.17) is 11.6 Å². The molecule has 0 saturated carbocycles. The van der Waals surface area contributed by atoms with Crippen LogP contribution >= 0.6 is 22.9 Å². The lowest BCUT2D eigenvalue weighted by Gasteiger charge is -2.35. The maximum Gasteiger partial charge on any atom is 0.0931 e. The summed E-state index contributed by atoms with van der Waals surface area (Å²) in [5.74, 6) is 0. The van der Waals surface area contributed by atoms with Gasteiger partial charge in [-0.05, 0) is 29.8 Å². The standard InChI is InChI=1S/C18H18ClN3S/c19-17-6-5-16(23-17)18(22-11-9-20-10-12-22)14-7-8-21-15-4-2-1-3-13(14)15/h1-8,18,20H,9-12H2. The molecule has 1 unspecified atom stereocenters. The molecule has 0 amide bonds.